The lowest BCUT2D eigenvalue weighted by molar-refractivity contribution is -0.127. The summed E-state index contributed by atoms with van der Waals surface area (Å²) in [5.74, 6) is -0.0926. The van der Waals surface area contributed by atoms with E-state index in [1.165, 1.54) is 0 Å². The van der Waals surface area contributed by atoms with Gasteiger partial charge in [0.1, 0.15) is 5.54 Å². The Hall–Kier alpha value is -1.77. The zero-order chi connectivity index (χ0) is 16.9. The van der Waals surface area contributed by atoms with Crippen molar-refractivity contribution < 1.29 is 9.59 Å². The summed E-state index contributed by atoms with van der Waals surface area (Å²) in [6, 6.07) is 2.37. The lowest BCUT2D eigenvalue weighted by Crippen LogP contribution is -2.51. The topological polar surface area (TPSA) is 76.4 Å². The molecule has 1 aliphatic carbocycles. The summed E-state index contributed by atoms with van der Waals surface area (Å²) < 4.78 is 0. The van der Waals surface area contributed by atoms with Crippen molar-refractivity contribution in [1.29, 1.82) is 5.26 Å². The molecule has 0 unspecified atom stereocenters. The monoisotopic (exact) mass is 320 g/mol. The Morgan fingerprint density at radius 2 is 1.78 bits per heavy atom. The van der Waals surface area contributed by atoms with Gasteiger partial charge in [0.25, 0.3) is 0 Å². The number of nitrogens with zero attached hydrogens (tertiary/aromatic N) is 3. The number of hydrogen-bond acceptors (Lipinski definition) is 3. The van der Waals surface area contributed by atoms with Crippen LogP contribution in [0.15, 0.2) is 0 Å². The molecule has 2 rings (SSSR count). The molecule has 2 aliphatic rings. The van der Waals surface area contributed by atoms with Gasteiger partial charge in [0.15, 0.2) is 0 Å². The smallest absolute Gasteiger partial charge is 0.319 e. The van der Waals surface area contributed by atoms with Crippen LogP contribution >= 0.6 is 0 Å². The number of likely N-dealkylation sites (tertiary alicyclic amines) is 1. The third kappa shape index (κ3) is 3.95. The average Bonchev–Trinajstić information content (AvgIpc) is 3.05. The highest BCUT2D eigenvalue weighted by Gasteiger charge is 2.38. The second-order valence-corrected chi connectivity index (χ2v) is 6.61. The minimum absolute atomic E-state index is 0.0108. The van der Waals surface area contributed by atoms with Crippen LogP contribution in [0.1, 0.15) is 52.4 Å². The maximum atomic E-state index is 12.5. The Kier molecular flexibility index (Phi) is 5.86. The molecule has 6 nitrogen and oxygen atoms in total. The van der Waals surface area contributed by atoms with Gasteiger partial charge in [0.05, 0.1) is 6.07 Å². The third-order valence-corrected chi connectivity index (χ3v) is 5.20. The first-order valence-corrected chi connectivity index (χ1v) is 8.82. The fraction of sp³-hybridized carbons (Fsp3) is 0.824. The van der Waals surface area contributed by atoms with Gasteiger partial charge in [-0.15, -0.1) is 0 Å². The lowest BCUT2D eigenvalue weighted by atomic mass is 9.93. The molecule has 0 aromatic rings. The van der Waals surface area contributed by atoms with E-state index < -0.39 is 5.54 Å². The summed E-state index contributed by atoms with van der Waals surface area (Å²) in [6.07, 6.45) is 4.89. The number of nitriles is 1. The molecular formula is C17H28N4O2. The van der Waals surface area contributed by atoms with Crippen molar-refractivity contribution in [2.45, 2.75) is 57.9 Å². The molecule has 1 saturated heterocycles. The van der Waals surface area contributed by atoms with Crippen LogP contribution in [0, 0.1) is 17.2 Å². The van der Waals surface area contributed by atoms with Crippen molar-refractivity contribution in [3.8, 4) is 6.07 Å². The number of piperidine rings is 1. The Morgan fingerprint density at radius 3 is 2.26 bits per heavy atom. The molecule has 128 valence electrons. The van der Waals surface area contributed by atoms with E-state index in [4.69, 9.17) is 0 Å². The normalized spacial score (nSPS) is 20.8. The standard InChI is InChI=1S/C17H28N4O2/c1-3-20(4-2)16(23)21-11-7-14(8-12-21)15(22)19-17(13-18)9-5-6-10-17/h14H,3-12H2,1-2H3,(H,19,22). The van der Waals surface area contributed by atoms with E-state index in [1.54, 1.807) is 0 Å². The van der Waals surface area contributed by atoms with Gasteiger partial charge in [-0.05, 0) is 52.4 Å². The highest BCUT2D eigenvalue weighted by molar-refractivity contribution is 5.81. The summed E-state index contributed by atoms with van der Waals surface area (Å²) in [4.78, 5) is 28.4. The molecule has 1 N–H and O–H groups in total. The molecule has 1 saturated carbocycles. The Balaban J connectivity index is 1.85. The molecule has 0 spiro atoms. The van der Waals surface area contributed by atoms with Crippen LogP contribution in [0.4, 0.5) is 4.79 Å². The van der Waals surface area contributed by atoms with Crippen LogP contribution in [0.25, 0.3) is 0 Å². The zero-order valence-corrected chi connectivity index (χ0v) is 14.3. The van der Waals surface area contributed by atoms with E-state index in [2.05, 4.69) is 11.4 Å². The van der Waals surface area contributed by atoms with Gasteiger partial charge in [-0.25, -0.2) is 4.79 Å². The predicted octanol–water partition coefficient (Wildman–Crippen LogP) is 2.11. The van der Waals surface area contributed by atoms with E-state index in [0.29, 0.717) is 39.0 Å². The van der Waals surface area contributed by atoms with Crippen LogP contribution in [0.2, 0.25) is 0 Å². The van der Waals surface area contributed by atoms with Gasteiger partial charge in [0.2, 0.25) is 5.91 Å². The molecule has 3 amide bonds. The number of rotatable bonds is 4. The molecule has 0 aromatic heterocycles. The van der Waals surface area contributed by atoms with Crippen LogP contribution in [0.5, 0.6) is 0 Å². The first-order valence-electron chi connectivity index (χ1n) is 8.82. The van der Waals surface area contributed by atoms with Crippen molar-refractivity contribution in [3.05, 3.63) is 0 Å². The molecule has 2 fully saturated rings. The van der Waals surface area contributed by atoms with Crippen molar-refractivity contribution in [1.82, 2.24) is 15.1 Å². The molecule has 1 aliphatic heterocycles. The molecular weight excluding hydrogens is 292 g/mol. The van der Waals surface area contributed by atoms with Crippen LogP contribution in [0.3, 0.4) is 0 Å². The molecule has 0 bridgehead atoms. The highest BCUT2D eigenvalue weighted by atomic mass is 16.2. The van der Waals surface area contributed by atoms with E-state index in [0.717, 1.165) is 25.7 Å². The minimum Gasteiger partial charge on any atom is -0.338 e. The summed E-state index contributed by atoms with van der Waals surface area (Å²) in [5.41, 5.74) is -0.648. The summed E-state index contributed by atoms with van der Waals surface area (Å²) in [5, 5.41) is 12.4. The van der Waals surface area contributed by atoms with Crippen molar-refractivity contribution in [3.63, 3.8) is 0 Å². The molecule has 0 radical (unpaired) electrons. The van der Waals surface area contributed by atoms with Crippen molar-refractivity contribution in [2.24, 2.45) is 5.92 Å². The maximum Gasteiger partial charge on any atom is 0.319 e. The second-order valence-electron chi connectivity index (χ2n) is 6.61. The molecule has 6 heteroatoms. The number of carbonyl (C=O) groups excluding carboxylic acids is 2. The summed E-state index contributed by atoms with van der Waals surface area (Å²) >= 11 is 0. The first kappa shape index (κ1) is 17.6. The van der Waals surface area contributed by atoms with Crippen molar-refractivity contribution in [2.75, 3.05) is 26.2 Å². The molecule has 1 heterocycles. The fourth-order valence-corrected chi connectivity index (χ4v) is 3.61. The number of hydrogen-bond donors (Lipinski definition) is 1. The van der Waals surface area contributed by atoms with Crippen LogP contribution < -0.4 is 5.32 Å². The number of nitrogens with one attached hydrogen (secondary N) is 1. The fourth-order valence-electron chi connectivity index (χ4n) is 3.61. The van der Waals surface area contributed by atoms with E-state index in [9.17, 15) is 14.9 Å². The molecule has 0 atom stereocenters. The number of amides is 3. The summed E-state index contributed by atoms with van der Waals surface area (Å²) in [6.45, 7) is 6.61. The molecule has 23 heavy (non-hydrogen) atoms. The van der Waals surface area contributed by atoms with E-state index in [1.807, 2.05) is 23.6 Å². The van der Waals surface area contributed by atoms with Crippen molar-refractivity contribution >= 4 is 11.9 Å². The number of urea groups is 1. The lowest BCUT2D eigenvalue weighted by Gasteiger charge is -2.35. The third-order valence-electron chi connectivity index (χ3n) is 5.20. The van der Waals surface area contributed by atoms with E-state index in [-0.39, 0.29) is 17.9 Å². The Bertz CT molecular complexity index is 467. The quantitative estimate of drug-likeness (QED) is 0.862. The van der Waals surface area contributed by atoms with Gasteiger partial charge < -0.3 is 15.1 Å². The zero-order valence-electron chi connectivity index (χ0n) is 14.3. The van der Waals surface area contributed by atoms with Crippen LogP contribution in [-0.4, -0.2) is 53.5 Å². The minimum atomic E-state index is -0.648. The van der Waals surface area contributed by atoms with Crippen LogP contribution in [-0.2, 0) is 4.79 Å². The maximum absolute atomic E-state index is 12.5. The Morgan fingerprint density at radius 1 is 1.22 bits per heavy atom. The summed E-state index contributed by atoms with van der Waals surface area (Å²) in [7, 11) is 0. The SMILES string of the molecule is CCN(CC)C(=O)N1CCC(C(=O)NC2(C#N)CCCC2)CC1. The van der Waals surface area contributed by atoms with Gasteiger partial charge in [-0.3, -0.25) is 4.79 Å². The highest BCUT2D eigenvalue weighted by Crippen LogP contribution is 2.30. The predicted molar refractivity (Wildman–Crippen MR) is 87.6 cm³/mol. The van der Waals surface area contributed by atoms with E-state index >= 15 is 0 Å². The largest absolute Gasteiger partial charge is 0.338 e. The van der Waals surface area contributed by atoms with Gasteiger partial charge >= 0.3 is 6.03 Å². The van der Waals surface area contributed by atoms with Gasteiger partial charge in [0, 0.05) is 32.1 Å². The second kappa shape index (κ2) is 7.67. The average molecular weight is 320 g/mol. The Labute approximate surface area is 138 Å². The van der Waals surface area contributed by atoms with Gasteiger partial charge in [-0.2, -0.15) is 5.26 Å². The molecule has 0 aromatic carbocycles. The number of carbonyl (C=O) groups is 2. The van der Waals surface area contributed by atoms with Gasteiger partial charge in [-0.1, -0.05) is 0 Å². The first-order chi connectivity index (χ1) is 11.0.